The van der Waals surface area contributed by atoms with E-state index in [1.807, 2.05) is 12.1 Å². The van der Waals surface area contributed by atoms with Gasteiger partial charge in [-0.15, -0.1) is 0 Å². The molecule has 24 heavy (non-hydrogen) atoms. The van der Waals surface area contributed by atoms with Gasteiger partial charge in [0.15, 0.2) is 0 Å². The van der Waals surface area contributed by atoms with Crippen molar-refractivity contribution in [3.63, 3.8) is 0 Å². The van der Waals surface area contributed by atoms with Crippen LogP contribution in [-0.2, 0) is 0 Å². The van der Waals surface area contributed by atoms with E-state index in [1.54, 1.807) is 27.7 Å². The van der Waals surface area contributed by atoms with Crippen molar-refractivity contribution in [1.29, 1.82) is 0 Å². The average Bonchev–Trinajstić information content (AvgIpc) is 2.47. The van der Waals surface area contributed by atoms with Crippen LogP contribution < -0.4 is 0 Å². The topological polar surface area (TPSA) is 101 Å². The Morgan fingerprint density at radius 1 is 0.583 bits per heavy atom. The Bertz CT molecular complexity index is 493. The fourth-order valence-electron chi connectivity index (χ4n) is 1.26. The standard InChI is InChI=1S/C12H10.C6H14O2.BH3O3/c1-3-7-11(8-4-1)12-9-5-2-6-10-12;1-5(2,7)6(3,4)8;2-1(3)4/h1-10H;7-8H,1-4H3;2-4H. The normalized spacial score (nSPS) is 10.7. The molecule has 0 aliphatic rings. The molecule has 5 nitrogen and oxygen atoms in total. The second-order valence-corrected chi connectivity index (χ2v) is 6.20. The third-order valence-electron chi connectivity index (χ3n) is 3.38. The molecule has 0 fully saturated rings. The summed E-state index contributed by atoms with van der Waals surface area (Å²) in [6.07, 6.45) is 0. The van der Waals surface area contributed by atoms with Crippen LogP contribution in [0.15, 0.2) is 60.7 Å². The minimum Gasteiger partial charge on any atom is -0.402 e. The van der Waals surface area contributed by atoms with E-state index in [4.69, 9.17) is 25.3 Å². The van der Waals surface area contributed by atoms with Crippen LogP contribution in [0.2, 0.25) is 0 Å². The third kappa shape index (κ3) is 10.1. The molecule has 2 aromatic rings. The zero-order valence-corrected chi connectivity index (χ0v) is 14.6. The Hall–Kier alpha value is -1.70. The molecule has 0 bridgehead atoms. The van der Waals surface area contributed by atoms with Crippen molar-refractivity contribution >= 4 is 7.32 Å². The Morgan fingerprint density at radius 2 is 0.792 bits per heavy atom. The molecule has 0 atom stereocenters. The first-order valence-corrected chi connectivity index (χ1v) is 7.54. The zero-order chi connectivity index (χ0) is 18.8. The van der Waals surface area contributed by atoms with Gasteiger partial charge < -0.3 is 25.3 Å². The van der Waals surface area contributed by atoms with Gasteiger partial charge in [-0.1, -0.05) is 60.7 Å². The summed E-state index contributed by atoms with van der Waals surface area (Å²) < 4.78 is 0. The Labute approximate surface area is 144 Å². The molecule has 0 aliphatic heterocycles. The molecule has 0 heterocycles. The van der Waals surface area contributed by atoms with Crippen LogP contribution in [0, 0.1) is 0 Å². The van der Waals surface area contributed by atoms with Gasteiger partial charge in [0.05, 0.1) is 11.2 Å². The molecule has 0 amide bonds. The molecule has 0 aromatic heterocycles. The van der Waals surface area contributed by atoms with Crippen LogP contribution in [0.5, 0.6) is 0 Å². The zero-order valence-electron chi connectivity index (χ0n) is 14.6. The van der Waals surface area contributed by atoms with Crippen LogP contribution in [0.1, 0.15) is 27.7 Å². The van der Waals surface area contributed by atoms with E-state index in [0.717, 1.165) is 0 Å². The average molecular weight is 334 g/mol. The predicted octanol–water partition coefficient (Wildman–Crippen LogP) is 1.83. The molecule has 6 heteroatoms. The highest BCUT2D eigenvalue weighted by Crippen LogP contribution is 2.19. The van der Waals surface area contributed by atoms with Gasteiger partial charge in [-0.25, -0.2) is 0 Å². The molecule has 0 spiro atoms. The lowest BCUT2D eigenvalue weighted by Crippen LogP contribution is -2.44. The van der Waals surface area contributed by atoms with Crippen LogP contribution in [0.4, 0.5) is 0 Å². The molecular formula is C18H27BO5. The number of hydrogen-bond acceptors (Lipinski definition) is 5. The van der Waals surface area contributed by atoms with E-state index in [2.05, 4.69) is 48.5 Å². The summed E-state index contributed by atoms with van der Waals surface area (Å²) in [7, 11) is -2.17. The highest BCUT2D eigenvalue weighted by Gasteiger charge is 2.31. The first kappa shape index (κ1) is 22.3. The Balaban J connectivity index is 0.000000384. The summed E-state index contributed by atoms with van der Waals surface area (Å²) in [4.78, 5) is 0. The molecular weight excluding hydrogens is 307 g/mol. The lowest BCUT2D eigenvalue weighted by atomic mass is 9.90. The molecule has 2 rings (SSSR count). The minimum atomic E-state index is -2.17. The third-order valence-corrected chi connectivity index (χ3v) is 3.38. The maximum absolute atomic E-state index is 9.10. The first-order valence-electron chi connectivity index (χ1n) is 7.54. The molecule has 0 unspecified atom stereocenters. The second-order valence-electron chi connectivity index (χ2n) is 6.20. The van der Waals surface area contributed by atoms with Crippen LogP contribution >= 0.6 is 0 Å². The van der Waals surface area contributed by atoms with Crippen molar-refractivity contribution in [3.8, 4) is 11.1 Å². The van der Waals surface area contributed by atoms with Gasteiger partial charge in [0.2, 0.25) is 0 Å². The summed E-state index contributed by atoms with van der Waals surface area (Å²) >= 11 is 0. The quantitative estimate of drug-likeness (QED) is 0.540. The summed E-state index contributed by atoms with van der Waals surface area (Å²) in [5.74, 6) is 0. The minimum absolute atomic E-state index is 1.01. The number of rotatable bonds is 2. The lowest BCUT2D eigenvalue weighted by Gasteiger charge is -2.31. The van der Waals surface area contributed by atoms with Crippen LogP contribution in [0.3, 0.4) is 0 Å². The van der Waals surface area contributed by atoms with Gasteiger partial charge in [-0.05, 0) is 38.8 Å². The molecule has 0 radical (unpaired) electrons. The van der Waals surface area contributed by atoms with Gasteiger partial charge in [-0.3, -0.25) is 0 Å². The summed E-state index contributed by atoms with van der Waals surface area (Å²) in [6, 6.07) is 20.8. The Morgan fingerprint density at radius 3 is 0.958 bits per heavy atom. The lowest BCUT2D eigenvalue weighted by molar-refractivity contribution is -0.107. The van der Waals surface area contributed by atoms with Gasteiger partial charge in [0.1, 0.15) is 0 Å². The monoisotopic (exact) mass is 334 g/mol. The maximum Gasteiger partial charge on any atom is 0.631 e. The van der Waals surface area contributed by atoms with Crippen LogP contribution in [0.25, 0.3) is 11.1 Å². The Kier molecular flexibility index (Phi) is 9.51. The van der Waals surface area contributed by atoms with Gasteiger partial charge in [0.25, 0.3) is 0 Å². The number of hydrogen-bond donors (Lipinski definition) is 5. The predicted molar refractivity (Wildman–Crippen MR) is 96.9 cm³/mol. The fourth-order valence-corrected chi connectivity index (χ4v) is 1.26. The fraction of sp³-hybridized carbons (Fsp3) is 0.333. The summed E-state index contributed by atoms with van der Waals surface area (Å²) in [5, 5.41) is 39.7. The largest absolute Gasteiger partial charge is 0.631 e. The van der Waals surface area contributed by atoms with Crippen LogP contribution in [-0.4, -0.2) is 43.8 Å². The van der Waals surface area contributed by atoms with E-state index in [1.165, 1.54) is 11.1 Å². The highest BCUT2D eigenvalue weighted by molar-refractivity contribution is 6.30. The van der Waals surface area contributed by atoms with E-state index >= 15 is 0 Å². The summed E-state index contributed by atoms with van der Waals surface area (Å²) in [6.45, 7) is 6.31. The van der Waals surface area contributed by atoms with Crippen molar-refractivity contribution in [1.82, 2.24) is 0 Å². The van der Waals surface area contributed by atoms with Crippen molar-refractivity contribution in [2.45, 2.75) is 38.9 Å². The van der Waals surface area contributed by atoms with E-state index in [-0.39, 0.29) is 0 Å². The first-order chi connectivity index (χ1) is 10.9. The van der Waals surface area contributed by atoms with E-state index in [0.29, 0.717) is 0 Å². The second kappa shape index (κ2) is 10.2. The molecule has 132 valence electrons. The van der Waals surface area contributed by atoms with E-state index in [9.17, 15) is 0 Å². The van der Waals surface area contributed by atoms with Gasteiger partial charge >= 0.3 is 7.32 Å². The highest BCUT2D eigenvalue weighted by atomic mass is 16.5. The smallest absolute Gasteiger partial charge is 0.402 e. The van der Waals surface area contributed by atoms with Crippen molar-refractivity contribution in [2.75, 3.05) is 0 Å². The molecule has 0 saturated carbocycles. The van der Waals surface area contributed by atoms with Crippen molar-refractivity contribution in [3.05, 3.63) is 60.7 Å². The molecule has 0 aliphatic carbocycles. The number of benzene rings is 2. The molecule has 2 aromatic carbocycles. The molecule has 0 saturated heterocycles. The summed E-state index contributed by atoms with van der Waals surface area (Å²) in [5.41, 5.74) is 0.538. The van der Waals surface area contributed by atoms with Gasteiger partial charge in [0, 0.05) is 0 Å². The molecule has 5 N–H and O–H groups in total. The van der Waals surface area contributed by atoms with Crippen molar-refractivity contribution < 1.29 is 25.3 Å². The SMILES string of the molecule is CC(C)(O)C(C)(C)O.OB(O)O.c1ccc(-c2ccccc2)cc1. The van der Waals surface area contributed by atoms with E-state index < -0.39 is 18.5 Å². The maximum atomic E-state index is 9.10. The van der Waals surface area contributed by atoms with Gasteiger partial charge in [-0.2, -0.15) is 0 Å². The number of aliphatic hydroxyl groups is 2. The van der Waals surface area contributed by atoms with Crippen molar-refractivity contribution in [2.24, 2.45) is 0 Å².